The number of nitrogens with one attached hydrogen (secondary N) is 2. The number of nitro groups is 1. The molecule has 0 aromatic heterocycles. The molecule has 2 aromatic rings. The Labute approximate surface area is 140 Å². The summed E-state index contributed by atoms with van der Waals surface area (Å²) < 4.78 is 14.0. The Bertz CT molecular complexity index is 768. The molecule has 0 heterocycles. The Balaban J connectivity index is 2.02. The van der Waals surface area contributed by atoms with E-state index >= 15 is 0 Å². The van der Waals surface area contributed by atoms with E-state index < -0.39 is 16.4 Å². The molecule has 0 atom stereocenters. The van der Waals surface area contributed by atoms with Gasteiger partial charge in [0.2, 0.25) is 5.91 Å². The van der Waals surface area contributed by atoms with Crippen molar-refractivity contribution in [3.05, 3.63) is 62.4 Å². The number of aryl methyl sites for hydroxylation is 1. The van der Waals surface area contributed by atoms with Crippen molar-refractivity contribution in [1.29, 1.82) is 0 Å². The molecule has 0 spiro atoms. The third kappa shape index (κ3) is 4.49. The van der Waals surface area contributed by atoms with Gasteiger partial charge in [-0.05, 0) is 42.8 Å². The van der Waals surface area contributed by atoms with Gasteiger partial charge < -0.3 is 10.6 Å². The summed E-state index contributed by atoms with van der Waals surface area (Å²) in [4.78, 5) is 22.1. The van der Waals surface area contributed by atoms with Crippen LogP contribution in [0.15, 0.2) is 40.9 Å². The minimum atomic E-state index is -0.711. The second-order valence-electron chi connectivity index (χ2n) is 4.78. The lowest BCUT2D eigenvalue weighted by Gasteiger charge is -2.09. The van der Waals surface area contributed by atoms with Gasteiger partial charge in [-0.2, -0.15) is 0 Å². The van der Waals surface area contributed by atoms with E-state index in [4.69, 9.17) is 0 Å². The Kier molecular flexibility index (Phi) is 5.28. The van der Waals surface area contributed by atoms with Crippen LogP contribution in [0.25, 0.3) is 0 Å². The first-order valence-electron chi connectivity index (χ1n) is 6.60. The van der Waals surface area contributed by atoms with E-state index in [0.29, 0.717) is 5.69 Å². The third-order valence-electron chi connectivity index (χ3n) is 3.04. The Morgan fingerprint density at radius 1 is 1.30 bits per heavy atom. The lowest BCUT2D eigenvalue weighted by molar-refractivity contribution is -0.384. The Hall–Kier alpha value is -2.48. The monoisotopic (exact) mass is 381 g/mol. The molecular formula is C15H13BrFN3O3. The maximum atomic E-state index is 13.0. The lowest BCUT2D eigenvalue weighted by Crippen LogP contribution is -2.22. The molecule has 2 rings (SSSR count). The fraction of sp³-hybridized carbons (Fsp3) is 0.133. The molecule has 6 nitrogen and oxygen atoms in total. The van der Waals surface area contributed by atoms with Gasteiger partial charge in [0.1, 0.15) is 11.5 Å². The predicted molar refractivity (Wildman–Crippen MR) is 89.1 cm³/mol. The first kappa shape index (κ1) is 16.9. The van der Waals surface area contributed by atoms with E-state index in [0.717, 1.165) is 22.2 Å². The van der Waals surface area contributed by atoms with E-state index in [-0.39, 0.29) is 18.1 Å². The van der Waals surface area contributed by atoms with Crippen LogP contribution in [0.3, 0.4) is 0 Å². The molecule has 0 saturated heterocycles. The minimum Gasteiger partial charge on any atom is -0.371 e. The number of amides is 1. The number of hydrogen-bond donors (Lipinski definition) is 2. The molecule has 1 amide bonds. The number of rotatable bonds is 5. The highest BCUT2D eigenvalue weighted by molar-refractivity contribution is 9.10. The van der Waals surface area contributed by atoms with Crippen LogP contribution in [-0.2, 0) is 4.79 Å². The summed E-state index contributed by atoms with van der Waals surface area (Å²) in [5, 5.41) is 16.2. The molecule has 0 fully saturated rings. The van der Waals surface area contributed by atoms with Crippen LogP contribution >= 0.6 is 15.9 Å². The van der Waals surface area contributed by atoms with Gasteiger partial charge in [-0.25, -0.2) is 4.39 Å². The summed E-state index contributed by atoms with van der Waals surface area (Å²) in [5.41, 5.74) is 1.24. The zero-order valence-electron chi connectivity index (χ0n) is 12.1. The second-order valence-corrected chi connectivity index (χ2v) is 5.64. The van der Waals surface area contributed by atoms with Crippen molar-refractivity contribution in [3.8, 4) is 0 Å². The van der Waals surface area contributed by atoms with E-state index in [1.54, 1.807) is 12.1 Å². The normalized spacial score (nSPS) is 10.2. The molecule has 0 radical (unpaired) electrons. The summed E-state index contributed by atoms with van der Waals surface area (Å²) in [6.07, 6.45) is 0. The molecule has 0 aliphatic heterocycles. The lowest BCUT2D eigenvalue weighted by atomic mass is 10.2. The number of nitro benzene ring substituents is 1. The molecule has 0 bridgehead atoms. The first-order valence-corrected chi connectivity index (χ1v) is 7.40. The number of hydrogen-bond acceptors (Lipinski definition) is 4. The van der Waals surface area contributed by atoms with Crippen LogP contribution in [0.1, 0.15) is 5.56 Å². The smallest absolute Gasteiger partial charge is 0.295 e. The number of halogens is 2. The van der Waals surface area contributed by atoms with Gasteiger partial charge >= 0.3 is 0 Å². The Morgan fingerprint density at radius 2 is 2.04 bits per heavy atom. The third-order valence-corrected chi connectivity index (χ3v) is 3.93. The SMILES string of the molecule is Cc1cc(NC(=O)CNc2ccc(F)cc2[N+](=O)[O-])ccc1Br. The highest BCUT2D eigenvalue weighted by atomic mass is 79.9. The quantitative estimate of drug-likeness (QED) is 0.608. The number of carbonyl (C=O) groups is 1. The minimum absolute atomic E-state index is 0.0820. The molecule has 0 unspecified atom stereocenters. The summed E-state index contributed by atoms with van der Waals surface area (Å²) in [7, 11) is 0. The van der Waals surface area contributed by atoms with Crippen molar-refractivity contribution in [2.45, 2.75) is 6.92 Å². The topological polar surface area (TPSA) is 84.3 Å². The number of benzene rings is 2. The molecule has 2 N–H and O–H groups in total. The van der Waals surface area contributed by atoms with E-state index in [1.807, 2.05) is 13.0 Å². The van der Waals surface area contributed by atoms with Crippen molar-refractivity contribution in [1.82, 2.24) is 0 Å². The molecule has 0 aliphatic carbocycles. The summed E-state index contributed by atoms with van der Waals surface area (Å²) in [6, 6.07) is 8.45. The van der Waals surface area contributed by atoms with E-state index in [9.17, 15) is 19.3 Å². The molecule has 120 valence electrons. The van der Waals surface area contributed by atoms with Crippen molar-refractivity contribution in [2.75, 3.05) is 17.2 Å². The average molecular weight is 382 g/mol. The van der Waals surface area contributed by atoms with Gasteiger partial charge in [-0.1, -0.05) is 15.9 Å². The molecule has 0 aliphatic rings. The van der Waals surface area contributed by atoms with Gasteiger partial charge in [0.15, 0.2) is 0 Å². The highest BCUT2D eigenvalue weighted by Gasteiger charge is 2.15. The van der Waals surface area contributed by atoms with Crippen LogP contribution in [0.5, 0.6) is 0 Å². The standard InChI is InChI=1S/C15H13BrFN3O3/c1-9-6-11(3-4-12(9)16)19-15(21)8-18-13-5-2-10(17)7-14(13)20(22)23/h2-7,18H,8H2,1H3,(H,19,21). The van der Waals surface area contributed by atoms with Gasteiger partial charge in [0.25, 0.3) is 5.69 Å². The number of carbonyl (C=O) groups excluding carboxylic acids is 1. The maximum absolute atomic E-state index is 13.0. The van der Waals surface area contributed by atoms with Crippen LogP contribution in [0.4, 0.5) is 21.5 Å². The van der Waals surface area contributed by atoms with E-state index in [2.05, 4.69) is 26.6 Å². The predicted octanol–water partition coefficient (Wildman–Crippen LogP) is 3.86. The molecule has 8 heteroatoms. The van der Waals surface area contributed by atoms with Crippen molar-refractivity contribution < 1.29 is 14.1 Å². The number of nitrogens with zero attached hydrogens (tertiary/aromatic N) is 1. The maximum Gasteiger partial charge on any atom is 0.295 e. The zero-order valence-corrected chi connectivity index (χ0v) is 13.7. The van der Waals surface area contributed by atoms with Crippen LogP contribution in [0.2, 0.25) is 0 Å². The van der Waals surface area contributed by atoms with Gasteiger partial charge in [-0.15, -0.1) is 0 Å². The molecular weight excluding hydrogens is 369 g/mol. The van der Waals surface area contributed by atoms with Crippen LogP contribution < -0.4 is 10.6 Å². The Morgan fingerprint density at radius 3 is 2.70 bits per heavy atom. The van der Waals surface area contributed by atoms with Crippen molar-refractivity contribution in [2.24, 2.45) is 0 Å². The molecule has 0 saturated carbocycles. The zero-order chi connectivity index (χ0) is 17.0. The average Bonchev–Trinajstić information content (AvgIpc) is 2.49. The summed E-state index contributed by atoms with van der Waals surface area (Å²) in [5.74, 6) is -1.08. The van der Waals surface area contributed by atoms with Crippen LogP contribution in [0, 0.1) is 22.9 Å². The summed E-state index contributed by atoms with van der Waals surface area (Å²) in [6.45, 7) is 1.71. The summed E-state index contributed by atoms with van der Waals surface area (Å²) >= 11 is 3.36. The van der Waals surface area contributed by atoms with Crippen LogP contribution in [-0.4, -0.2) is 17.4 Å². The van der Waals surface area contributed by atoms with Crippen molar-refractivity contribution in [3.63, 3.8) is 0 Å². The molecule has 2 aromatic carbocycles. The van der Waals surface area contributed by atoms with Gasteiger partial charge in [0, 0.05) is 10.2 Å². The van der Waals surface area contributed by atoms with Crippen molar-refractivity contribution >= 4 is 38.9 Å². The van der Waals surface area contributed by atoms with E-state index in [1.165, 1.54) is 6.07 Å². The highest BCUT2D eigenvalue weighted by Crippen LogP contribution is 2.25. The first-order chi connectivity index (χ1) is 10.9. The number of anilines is 2. The fourth-order valence-corrected chi connectivity index (χ4v) is 2.16. The second kappa shape index (κ2) is 7.19. The molecule has 23 heavy (non-hydrogen) atoms. The fourth-order valence-electron chi connectivity index (χ4n) is 1.91. The van der Waals surface area contributed by atoms with Gasteiger partial charge in [-0.3, -0.25) is 14.9 Å². The van der Waals surface area contributed by atoms with Gasteiger partial charge in [0.05, 0.1) is 17.5 Å². The largest absolute Gasteiger partial charge is 0.371 e.